The molecule has 0 amide bonds. The number of thiophene rings is 1. The molecule has 0 saturated carbocycles. The molecule has 0 nitrogen and oxygen atoms in total. The summed E-state index contributed by atoms with van der Waals surface area (Å²) in [4.78, 5) is 0. The van der Waals surface area contributed by atoms with Crippen molar-refractivity contribution in [1.29, 1.82) is 0 Å². The maximum atomic E-state index is 2.41. The molecule has 0 saturated heterocycles. The van der Waals surface area contributed by atoms with Gasteiger partial charge < -0.3 is 0 Å². The molecule has 244 valence electrons. The highest BCUT2D eigenvalue weighted by molar-refractivity contribution is 7.26. The summed E-state index contributed by atoms with van der Waals surface area (Å²) < 4.78 is 2.74. The predicted octanol–water partition coefficient (Wildman–Crippen LogP) is 14.8. The van der Waals surface area contributed by atoms with Gasteiger partial charge in [0.15, 0.2) is 0 Å². The molecular weight excluding hydrogens is 645 g/mol. The van der Waals surface area contributed by atoms with Gasteiger partial charge in [-0.05, 0) is 101 Å². The number of hydrogen-bond donors (Lipinski definition) is 0. The molecular formula is C51H34S. The van der Waals surface area contributed by atoms with E-state index in [1.165, 1.54) is 108 Å². The van der Waals surface area contributed by atoms with Crippen molar-refractivity contribution in [2.24, 2.45) is 0 Å². The predicted molar refractivity (Wildman–Crippen MR) is 226 cm³/mol. The zero-order valence-electron chi connectivity index (χ0n) is 29.1. The van der Waals surface area contributed by atoms with E-state index in [0.717, 1.165) is 0 Å². The average Bonchev–Trinajstić information content (AvgIpc) is 3.68. The fourth-order valence-electron chi connectivity index (χ4n) is 9.15. The van der Waals surface area contributed by atoms with Crippen molar-refractivity contribution < 1.29 is 0 Å². The van der Waals surface area contributed by atoms with Gasteiger partial charge in [-0.2, -0.15) is 0 Å². The van der Waals surface area contributed by atoms with Gasteiger partial charge in [0.25, 0.3) is 0 Å². The maximum absolute atomic E-state index is 2.41. The molecule has 1 aromatic heterocycles. The minimum atomic E-state index is 0.00388. The third-order valence-corrected chi connectivity index (χ3v) is 12.8. The van der Waals surface area contributed by atoms with Crippen LogP contribution in [0, 0.1) is 0 Å². The largest absolute Gasteiger partial charge is 0.134 e. The fraction of sp³-hybridized carbons (Fsp3) is 0.0588. The Labute approximate surface area is 307 Å². The first-order valence-electron chi connectivity index (χ1n) is 18.2. The van der Waals surface area contributed by atoms with Crippen LogP contribution >= 0.6 is 11.3 Å². The molecule has 11 rings (SSSR count). The van der Waals surface area contributed by atoms with E-state index >= 15 is 0 Å². The molecule has 0 bridgehead atoms. The molecule has 10 aromatic rings. The van der Waals surface area contributed by atoms with Crippen molar-refractivity contribution in [2.45, 2.75) is 19.3 Å². The first-order chi connectivity index (χ1) is 25.5. The van der Waals surface area contributed by atoms with Crippen LogP contribution in [0.1, 0.15) is 25.0 Å². The van der Waals surface area contributed by atoms with E-state index in [0.29, 0.717) is 0 Å². The Bertz CT molecular complexity index is 3040. The molecule has 1 aliphatic carbocycles. The maximum Gasteiger partial charge on any atom is 0.0437 e. The van der Waals surface area contributed by atoms with Crippen molar-refractivity contribution >= 4 is 63.8 Å². The standard InChI is InChI=1S/C51H34S/c1-51(2)44-21-10-9-20-43(44)49-45(51)27-26-42-37-25-24-34(30-46(37)52-50(42)49)33-14-11-15-35(29-33)47-38-16-5-7-18-40(38)48(41-19-8-6-17-39(41)47)36-23-22-31-12-3-4-13-32(31)28-36/h3-30H,1-2H3. The highest BCUT2D eigenvalue weighted by Crippen LogP contribution is 2.54. The van der Waals surface area contributed by atoms with E-state index < -0.39 is 0 Å². The zero-order valence-corrected chi connectivity index (χ0v) is 29.9. The second-order valence-electron chi connectivity index (χ2n) is 14.8. The Morgan fingerprint density at radius 1 is 0.365 bits per heavy atom. The number of hydrogen-bond acceptors (Lipinski definition) is 1. The van der Waals surface area contributed by atoms with Crippen molar-refractivity contribution in [3.8, 4) is 44.5 Å². The van der Waals surface area contributed by atoms with Crippen LogP contribution in [0.5, 0.6) is 0 Å². The quantitative estimate of drug-likeness (QED) is 0.163. The third kappa shape index (κ3) is 4.21. The lowest BCUT2D eigenvalue weighted by atomic mass is 9.82. The summed E-state index contributed by atoms with van der Waals surface area (Å²) in [6.07, 6.45) is 0. The molecule has 1 heterocycles. The van der Waals surface area contributed by atoms with Crippen LogP contribution in [0.3, 0.4) is 0 Å². The Morgan fingerprint density at radius 2 is 0.942 bits per heavy atom. The van der Waals surface area contributed by atoms with Crippen molar-refractivity contribution in [1.82, 2.24) is 0 Å². The normalized spacial score (nSPS) is 13.3. The van der Waals surface area contributed by atoms with Gasteiger partial charge >= 0.3 is 0 Å². The van der Waals surface area contributed by atoms with Gasteiger partial charge in [0.2, 0.25) is 0 Å². The molecule has 0 atom stereocenters. The van der Waals surface area contributed by atoms with Crippen LogP contribution in [-0.4, -0.2) is 0 Å². The minimum Gasteiger partial charge on any atom is -0.134 e. The van der Waals surface area contributed by atoms with Crippen molar-refractivity contribution in [3.05, 3.63) is 181 Å². The summed E-state index contributed by atoms with van der Waals surface area (Å²) in [5.74, 6) is 0. The number of rotatable bonds is 3. The molecule has 0 aliphatic heterocycles. The van der Waals surface area contributed by atoms with Crippen LogP contribution in [-0.2, 0) is 5.41 Å². The van der Waals surface area contributed by atoms with E-state index in [1.54, 1.807) is 0 Å². The second kappa shape index (κ2) is 11.0. The second-order valence-corrected chi connectivity index (χ2v) is 15.9. The SMILES string of the molecule is CC1(C)c2ccccc2-c2c1ccc1c2sc2cc(-c3cccc(-c4c5ccccc5c(-c5ccc6ccccc6c5)c5ccccc45)c3)ccc21. The molecule has 52 heavy (non-hydrogen) atoms. The minimum absolute atomic E-state index is 0.00388. The molecule has 9 aromatic carbocycles. The summed E-state index contributed by atoms with van der Waals surface area (Å²) in [5, 5.41) is 10.3. The van der Waals surface area contributed by atoms with Gasteiger partial charge in [-0.25, -0.2) is 0 Å². The first kappa shape index (κ1) is 29.7. The lowest BCUT2D eigenvalue weighted by molar-refractivity contribution is 0.661. The van der Waals surface area contributed by atoms with Gasteiger partial charge in [0.1, 0.15) is 0 Å². The zero-order chi connectivity index (χ0) is 34.6. The fourth-order valence-corrected chi connectivity index (χ4v) is 10.5. The van der Waals surface area contributed by atoms with Gasteiger partial charge in [-0.15, -0.1) is 11.3 Å². The van der Waals surface area contributed by atoms with Gasteiger partial charge in [0.05, 0.1) is 0 Å². The summed E-state index contributed by atoms with van der Waals surface area (Å²) in [7, 11) is 0. The first-order valence-corrected chi connectivity index (χ1v) is 19.0. The van der Waals surface area contributed by atoms with Crippen molar-refractivity contribution in [3.63, 3.8) is 0 Å². The summed E-state index contributed by atoms with van der Waals surface area (Å²) in [6, 6.07) is 63.4. The van der Waals surface area contributed by atoms with Gasteiger partial charge in [-0.3, -0.25) is 0 Å². The van der Waals surface area contributed by atoms with Crippen LogP contribution in [0.4, 0.5) is 0 Å². The van der Waals surface area contributed by atoms with Crippen LogP contribution in [0.2, 0.25) is 0 Å². The molecule has 0 N–H and O–H groups in total. The van der Waals surface area contributed by atoms with Gasteiger partial charge in [-0.1, -0.05) is 166 Å². The lowest BCUT2D eigenvalue weighted by Gasteiger charge is -2.21. The van der Waals surface area contributed by atoms with E-state index in [-0.39, 0.29) is 5.41 Å². The van der Waals surface area contributed by atoms with Crippen LogP contribution in [0.15, 0.2) is 170 Å². The molecule has 1 heteroatoms. The molecule has 0 fully saturated rings. The molecule has 1 aliphatic rings. The highest BCUT2D eigenvalue weighted by Gasteiger charge is 2.36. The third-order valence-electron chi connectivity index (χ3n) is 11.6. The summed E-state index contributed by atoms with van der Waals surface area (Å²) in [6.45, 7) is 4.73. The van der Waals surface area contributed by atoms with E-state index in [9.17, 15) is 0 Å². The summed E-state index contributed by atoms with van der Waals surface area (Å²) in [5.41, 5.74) is 13.2. The lowest BCUT2D eigenvalue weighted by Crippen LogP contribution is -2.14. The Balaban J connectivity index is 1.09. The van der Waals surface area contributed by atoms with E-state index in [2.05, 4.69) is 184 Å². The Hall–Kier alpha value is -6.02. The number of fused-ring (bicyclic) bond motifs is 10. The Morgan fingerprint density at radius 3 is 1.69 bits per heavy atom. The van der Waals surface area contributed by atoms with Gasteiger partial charge in [0, 0.05) is 31.2 Å². The van der Waals surface area contributed by atoms with Crippen LogP contribution < -0.4 is 0 Å². The topological polar surface area (TPSA) is 0 Å². The summed E-state index contributed by atoms with van der Waals surface area (Å²) >= 11 is 1.94. The monoisotopic (exact) mass is 678 g/mol. The van der Waals surface area contributed by atoms with Crippen molar-refractivity contribution in [2.75, 3.05) is 0 Å². The highest BCUT2D eigenvalue weighted by atomic mass is 32.1. The number of benzene rings is 9. The molecule has 0 unspecified atom stereocenters. The average molecular weight is 679 g/mol. The Kier molecular flexibility index (Phi) is 6.27. The molecule has 0 radical (unpaired) electrons. The van der Waals surface area contributed by atoms with Crippen LogP contribution in [0.25, 0.3) is 97.0 Å². The smallest absolute Gasteiger partial charge is 0.0437 e. The van der Waals surface area contributed by atoms with E-state index in [4.69, 9.17) is 0 Å². The molecule has 0 spiro atoms. The van der Waals surface area contributed by atoms with E-state index in [1.807, 2.05) is 11.3 Å².